The molecule has 0 spiro atoms. The van der Waals surface area contributed by atoms with Gasteiger partial charge < -0.3 is 19.6 Å². The number of hydrogen-bond donors (Lipinski definition) is 1. The number of nitrogens with one attached hydrogen (secondary N) is 1. The molecule has 0 bridgehead atoms. The first-order valence-electron chi connectivity index (χ1n) is 7.40. The molecule has 0 amide bonds. The first kappa shape index (κ1) is 17.2. The Kier molecular flexibility index (Phi) is 6.54. The highest BCUT2D eigenvalue weighted by molar-refractivity contribution is 5.84. The summed E-state index contributed by atoms with van der Waals surface area (Å²) < 4.78 is 16.0. The smallest absolute Gasteiger partial charge is 0.148 e. The van der Waals surface area contributed by atoms with Crippen molar-refractivity contribution >= 4 is 6.21 Å². The maximum absolute atomic E-state index is 5.51. The molecule has 2 rings (SSSR count). The van der Waals surface area contributed by atoms with Crippen LogP contribution in [0.2, 0.25) is 0 Å². The van der Waals surface area contributed by atoms with Crippen molar-refractivity contribution in [1.82, 2.24) is 5.43 Å². The summed E-state index contributed by atoms with van der Waals surface area (Å²) in [7, 11) is 3.26. The van der Waals surface area contributed by atoms with Gasteiger partial charge in [0, 0.05) is 11.1 Å². The second-order valence-corrected chi connectivity index (χ2v) is 4.80. The van der Waals surface area contributed by atoms with Gasteiger partial charge in [-0.1, -0.05) is 24.1 Å². The maximum Gasteiger partial charge on any atom is 0.148 e. The van der Waals surface area contributed by atoms with Gasteiger partial charge in [0.2, 0.25) is 0 Å². The van der Waals surface area contributed by atoms with E-state index in [2.05, 4.69) is 16.4 Å². The van der Waals surface area contributed by atoms with E-state index in [-0.39, 0.29) is 6.61 Å². The predicted molar refractivity (Wildman–Crippen MR) is 94.7 cm³/mol. The van der Waals surface area contributed by atoms with Gasteiger partial charge in [-0.15, -0.1) is 6.42 Å². The molecule has 0 aromatic heterocycles. The van der Waals surface area contributed by atoms with Crippen LogP contribution in [0.25, 0.3) is 0 Å². The van der Waals surface area contributed by atoms with Crippen molar-refractivity contribution in [2.45, 2.75) is 6.54 Å². The molecule has 5 heteroatoms. The van der Waals surface area contributed by atoms with Crippen LogP contribution in [-0.2, 0) is 6.54 Å². The fourth-order valence-electron chi connectivity index (χ4n) is 2.10. The van der Waals surface area contributed by atoms with Gasteiger partial charge in [-0.05, 0) is 24.3 Å². The molecule has 0 radical (unpaired) electrons. The van der Waals surface area contributed by atoms with Gasteiger partial charge in [-0.2, -0.15) is 5.10 Å². The molecule has 0 aliphatic carbocycles. The minimum absolute atomic E-state index is 0.196. The van der Waals surface area contributed by atoms with Gasteiger partial charge in [0.15, 0.2) is 0 Å². The zero-order chi connectivity index (χ0) is 17.2. The lowest BCUT2D eigenvalue weighted by atomic mass is 10.2. The van der Waals surface area contributed by atoms with E-state index >= 15 is 0 Å². The fraction of sp³-hybridized carbons (Fsp3) is 0.211. The summed E-state index contributed by atoms with van der Waals surface area (Å²) in [6.45, 7) is 0.743. The molecule has 0 saturated carbocycles. The summed E-state index contributed by atoms with van der Waals surface area (Å²) in [5, 5.41) is 4.24. The van der Waals surface area contributed by atoms with Crippen LogP contribution < -0.4 is 19.6 Å². The molecule has 0 aliphatic rings. The van der Waals surface area contributed by atoms with Crippen molar-refractivity contribution < 1.29 is 14.2 Å². The minimum atomic E-state index is 0.196. The van der Waals surface area contributed by atoms with Crippen molar-refractivity contribution in [3.8, 4) is 29.6 Å². The van der Waals surface area contributed by atoms with Gasteiger partial charge in [-0.25, -0.2) is 0 Å². The first-order valence-corrected chi connectivity index (χ1v) is 7.40. The zero-order valence-electron chi connectivity index (χ0n) is 13.8. The standard InChI is InChI=1S/C19H20N2O3/c1-4-11-24-19-10-9-17(22-2)12-16(19)14-21-20-13-15-7-5-6-8-18(15)23-3/h1,5-10,12,14,20H,11,13H2,2-3H3/b21-14+. The van der Waals surface area contributed by atoms with Gasteiger partial charge in [0.1, 0.15) is 23.9 Å². The summed E-state index contributed by atoms with van der Waals surface area (Å²) in [6, 6.07) is 13.2. The van der Waals surface area contributed by atoms with Crippen LogP contribution >= 0.6 is 0 Å². The minimum Gasteiger partial charge on any atom is -0.497 e. The van der Waals surface area contributed by atoms with Gasteiger partial charge in [0.25, 0.3) is 0 Å². The summed E-state index contributed by atoms with van der Waals surface area (Å²) in [6.07, 6.45) is 6.91. The Morgan fingerprint density at radius 2 is 1.96 bits per heavy atom. The van der Waals surface area contributed by atoms with Crippen LogP contribution in [0.15, 0.2) is 47.6 Å². The number of para-hydroxylation sites is 1. The molecular weight excluding hydrogens is 304 g/mol. The van der Waals surface area contributed by atoms with E-state index in [0.717, 1.165) is 16.9 Å². The molecule has 24 heavy (non-hydrogen) atoms. The molecule has 0 saturated heterocycles. The molecule has 0 fully saturated rings. The Morgan fingerprint density at radius 1 is 1.12 bits per heavy atom. The monoisotopic (exact) mass is 324 g/mol. The van der Waals surface area contributed by atoms with Crippen molar-refractivity contribution in [1.29, 1.82) is 0 Å². The Morgan fingerprint density at radius 3 is 2.71 bits per heavy atom. The van der Waals surface area contributed by atoms with E-state index in [1.165, 1.54) is 0 Å². The predicted octanol–water partition coefficient (Wildman–Crippen LogP) is 2.84. The molecule has 2 aromatic rings. The average Bonchev–Trinajstić information content (AvgIpc) is 2.64. The number of terminal acetylenes is 1. The SMILES string of the molecule is C#CCOc1ccc(OC)cc1/C=N/NCc1ccccc1OC. The molecule has 2 aromatic carbocycles. The molecule has 124 valence electrons. The van der Waals surface area contributed by atoms with E-state index in [0.29, 0.717) is 18.0 Å². The lowest BCUT2D eigenvalue weighted by molar-refractivity contribution is 0.367. The molecule has 0 aliphatic heterocycles. The van der Waals surface area contributed by atoms with Crippen LogP contribution in [0.3, 0.4) is 0 Å². The summed E-state index contributed by atoms with van der Waals surface area (Å²) >= 11 is 0. The second kappa shape index (κ2) is 9.11. The third-order valence-corrected chi connectivity index (χ3v) is 3.28. The van der Waals surface area contributed by atoms with Crippen LogP contribution in [0.4, 0.5) is 0 Å². The van der Waals surface area contributed by atoms with Crippen molar-refractivity contribution in [2.24, 2.45) is 5.10 Å². The third kappa shape index (κ3) is 4.68. The lowest BCUT2D eigenvalue weighted by Crippen LogP contribution is -2.07. The first-order chi connectivity index (χ1) is 11.8. The second-order valence-electron chi connectivity index (χ2n) is 4.80. The van der Waals surface area contributed by atoms with E-state index in [9.17, 15) is 0 Å². The van der Waals surface area contributed by atoms with Crippen molar-refractivity contribution in [2.75, 3.05) is 20.8 Å². The third-order valence-electron chi connectivity index (χ3n) is 3.28. The number of hydrogen-bond acceptors (Lipinski definition) is 5. The highest BCUT2D eigenvalue weighted by Crippen LogP contribution is 2.22. The number of benzene rings is 2. The molecule has 5 nitrogen and oxygen atoms in total. The number of ether oxygens (including phenoxy) is 3. The normalized spacial score (nSPS) is 10.2. The Labute approximate surface area is 142 Å². The van der Waals surface area contributed by atoms with Crippen LogP contribution in [-0.4, -0.2) is 27.0 Å². The van der Waals surface area contributed by atoms with Crippen molar-refractivity contribution in [3.63, 3.8) is 0 Å². The van der Waals surface area contributed by atoms with Crippen LogP contribution in [0, 0.1) is 12.3 Å². The lowest BCUT2D eigenvalue weighted by Gasteiger charge is -2.09. The van der Waals surface area contributed by atoms with Gasteiger partial charge >= 0.3 is 0 Å². The number of rotatable bonds is 8. The van der Waals surface area contributed by atoms with Crippen molar-refractivity contribution in [3.05, 3.63) is 53.6 Å². The molecule has 0 atom stereocenters. The number of nitrogens with zero attached hydrogens (tertiary/aromatic N) is 1. The maximum atomic E-state index is 5.51. The van der Waals surface area contributed by atoms with Gasteiger partial charge in [0.05, 0.1) is 27.0 Å². The van der Waals surface area contributed by atoms with Gasteiger partial charge in [-0.3, -0.25) is 0 Å². The highest BCUT2D eigenvalue weighted by Gasteiger charge is 2.04. The van der Waals surface area contributed by atoms with E-state index in [1.807, 2.05) is 36.4 Å². The number of methoxy groups -OCH3 is 2. The number of hydrazone groups is 1. The van der Waals surface area contributed by atoms with Crippen LogP contribution in [0.1, 0.15) is 11.1 Å². The Balaban J connectivity index is 2.06. The fourth-order valence-corrected chi connectivity index (χ4v) is 2.10. The summed E-state index contributed by atoms with van der Waals surface area (Å²) in [5.74, 6) is 4.63. The van der Waals surface area contributed by atoms with Crippen LogP contribution in [0.5, 0.6) is 17.2 Å². The molecule has 0 unspecified atom stereocenters. The highest BCUT2D eigenvalue weighted by atomic mass is 16.5. The van der Waals surface area contributed by atoms with E-state index < -0.39 is 0 Å². The van der Waals surface area contributed by atoms with E-state index in [1.54, 1.807) is 26.5 Å². The molecule has 1 N–H and O–H groups in total. The zero-order valence-corrected chi connectivity index (χ0v) is 13.8. The quantitative estimate of drug-likeness (QED) is 0.461. The summed E-state index contributed by atoms with van der Waals surface area (Å²) in [4.78, 5) is 0. The average molecular weight is 324 g/mol. The van der Waals surface area contributed by atoms with E-state index in [4.69, 9.17) is 20.6 Å². The summed E-state index contributed by atoms with van der Waals surface area (Å²) in [5.41, 5.74) is 4.79. The Bertz CT molecular complexity index is 736. The topological polar surface area (TPSA) is 52.1 Å². The largest absolute Gasteiger partial charge is 0.497 e. The molecule has 0 heterocycles. The Hall–Kier alpha value is -3.13. The molecular formula is C19H20N2O3.